The van der Waals surface area contributed by atoms with Gasteiger partial charge in [0.1, 0.15) is 0 Å². The normalized spacial score (nSPS) is 14.1. The molecule has 2 aromatic carbocycles. The van der Waals surface area contributed by atoms with E-state index >= 15 is 0 Å². The monoisotopic (exact) mass is 398 g/mol. The molecule has 8 heteroatoms. The average Bonchev–Trinajstić information content (AvgIpc) is 2.57. The molecular weight excluding hydrogens is 383 g/mol. The minimum absolute atomic E-state index is 0.0578. The number of nitrogens with one attached hydrogen (secondary N) is 1. The van der Waals surface area contributed by atoms with Crippen LogP contribution < -0.4 is 9.62 Å². The third kappa shape index (κ3) is 3.61. The van der Waals surface area contributed by atoms with Gasteiger partial charge in [-0.15, -0.1) is 0 Å². The van der Waals surface area contributed by atoms with Crippen LogP contribution >= 0.6 is 23.2 Å². The largest absolute Gasteiger partial charge is 0.312 e. The summed E-state index contributed by atoms with van der Waals surface area (Å²) in [5, 5.41) is 0.438. The topological polar surface area (TPSA) is 66.5 Å². The van der Waals surface area contributed by atoms with Crippen molar-refractivity contribution in [3.63, 3.8) is 0 Å². The highest BCUT2D eigenvalue weighted by atomic mass is 35.5. The molecule has 1 aliphatic rings. The van der Waals surface area contributed by atoms with Crippen LogP contribution in [0.5, 0.6) is 0 Å². The molecule has 0 saturated heterocycles. The number of hydrogen-bond donors (Lipinski definition) is 1. The Bertz CT molecular complexity index is 925. The Morgan fingerprint density at radius 2 is 1.84 bits per heavy atom. The molecule has 5 nitrogen and oxygen atoms in total. The molecule has 0 saturated carbocycles. The smallest absolute Gasteiger partial charge is 0.261 e. The van der Waals surface area contributed by atoms with Crippen LogP contribution in [0.3, 0.4) is 0 Å². The first kappa shape index (κ1) is 18.0. The molecule has 0 aromatic heterocycles. The lowest BCUT2D eigenvalue weighted by Gasteiger charge is -2.28. The molecule has 132 valence electrons. The summed E-state index contributed by atoms with van der Waals surface area (Å²) in [6, 6.07) is 9.49. The number of anilines is 2. The third-order valence-electron chi connectivity index (χ3n) is 4.06. The van der Waals surface area contributed by atoms with Gasteiger partial charge in [0.05, 0.1) is 20.6 Å². The molecule has 3 rings (SSSR count). The summed E-state index contributed by atoms with van der Waals surface area (Å²) in [5.41, 5.74) is 1.73. The Kier molecular flexibility index (Phi) is 4.95. The quantitative estimate of drug-likeness (QED) is 0.846. The van der Waals surface area contributed by atoms with Crippen LogP contribution in [0.25, 0.3) is 0 Å². The van der Waals surface area contributed by atoms with Gasteiger partial charge in [-0.25, -0.2) is 8.42 Å². The Labute approximate surface area is 156 Å². The number of amides is 1. The van der Waals surface area contributed by atoms with E-state index in [9.17, 15) is 13.2 Å². The second kappa shape index (κ2) is 6.86. The number of hydrogen-bond acceptors (Lipinski definition) is 3. The average molecular weight is 399 g/mol. The van der Waals surface area contributed by atoms with Crippen LogP contribution in [-0.2, 0) is 21.2 Å². The van der Waals surface area contributed by atoms with Crippen LogP contribution in [0.4, 0.5) is 11.4 Å². The highest BCUT2D eigenvalue weighted by Gasteiger charge is 2.24. The van der Waals surface area contributed by atoms with E-state index in [2.05, 4.69) is 4.72 Å². The van der Waals surface area contributed by atoms with Crippen molar-refractivity contribution in [3.05, 3.63) is 52.0 Å². The van der Waals surface area contributed by atoms with Gasteiger partial charge >= 0.3 is 0 Å². The van der Waals surface area contributed by atoms with Crippen molar-refractivity contribution in [1.29, 1.82) is 0 Å². The van der Waals surface area contributed by atoms with Crippen LogP contribution in [0.1, 0.15) is 18.9 Å². The van der Waals surface area contributed by atoms with Crippen LogP contribution in [0.2, 0.25) is 10.0 Å². The molecule has 0 atom stereocenters. The molecule has 25 heavy (non-hydrogen) atoms. The Balaban J connectivity index is 1.98. The number of halogens is 2. The number of sulfonamides is 1. The van der Waals surface area contributed by atoms with E-state index in [1.54, 1.807) is 35.2 Å². The van der Waals surface area contributed by atoms with Crippen molar-refractivity contribution < 1.29 is 13.2 Å². The van der Waals surface area contributed by atoms with E-state index in [0.29, 0.717) is 6.54 Å². The van der Waals surface area contributed by atoms with Gasteiger partial charge in [-0.1, -0.05) is 29.3 Å². The highest BCUT2D eigenvalue weighted by molar-refractivity contribution is 7.92. The zero-order chi connectivity index (χ0) is 18.2. The van der Waals surface area contributed by atoms with Crippen molar-refractivity contribution in [2.24, 2.45) is 0 Å². The molecule has 0 bridgehead atoms. The summed E-state index contributed by atoms with van der Waals surface area (Å²) in [6.07, 6.45) is 1.51. The molecule has 1 heterocycles. The zero-order valence-electron chi connectivity index (χ0n) is 13.4. The summed E-state index contributed by atoms with van der Waals surface area (Å²) >= 11 is 12.1. The summed E-state index contributed by atoms with van der Waals surface area (Å²) in [4.78, 5) is 13.5. The van der Waals surface area contributed by atoms with E-state index in [0.717, 1.165) is 24.1 Å². The lowest BCUT2D eigenvalue weighted by Crippen LogP contribution is -2.33. The number of para-hydroxylation sites is 1. The van der Waals surface area contributed by atoms with Crippen molar-refractivity contribution in [3.8, 4) is 0 Å². The molecule has 0 fully saturated rings. The molecule has 0 radical (unpaired) electrons. The number of carbonyl (C=O) groups excluding carboxylic acids is 1. The Morgan fingerprint density at radius 3 is 2.48 bits per heavy atom. The maximum Gasteiger partial charge on any atom is 0.261 e. The molecule has 1 aliphatic heterocycles. The molecule has 1 amide bonds. The summed E-state index contributed by atoms with van der Waals surface area (Å²) in [7, 11) is -3.85. The fraction of sp³-hybridized carbons (Fsp3) is 0.235. The van der Waals surface area contributed by atoms with E-state index in [1.807, 2.05) is 0 Å². The van der Waals surface area contributed by atoms with Crippen LogP contribution in [0.15, 0.2) is 41.3 Å². The standard InChI is InChI=1S/C17H16Cl2N2O3S/c1-11(22)21-9-3-4-12-10-13(7-8-16(12)21)25(23,24)20-17-14(18)5-2-6-15(17)19/h2,5-8,10,20H,3-4,9H2,1H3. The molecule has 2 aromatic rings. The van der Waals surface area contributed by atoms with Crippen LogP contribution in [0, 0.1) is 0 Å². The van der Waals surface area contributed by atoms with Gasteiger partial charge in [0.15, 0.2) is 0 Å². The predicted octanol–water partition coefficient (Wildman–Crippen LogP) is 4.09. The number of carbonyl (C=O) groups is 1. The highest BCUT2D eigenvalue weighted by Crippen LogP contribution is 2.33. The third-order valence-corrected chi connectivity index (χ3v) is 6.04. The Hall–Kier alpha value is -1.76. The summed E-state index contributed by atoms with van der Waals surface area (Å²) < 4.78 is 27.8. The van der Waals surface area contributed by atoms with E-state index in [4.69, 9.17) is 23.2 Å². The maximum atomic E-state index is 12.7. The summed E-state index contributed by atoms with van der Waals surface area (Å²) in [6.45, 7) is 2.14. The van der Waals surface area contributed by atoms with E-state index < -0.39 is 10.0 Å². The fourth-order valence-corrected chi connectivity index (χ4v) is 4.61. The number of benzene rings is 2. The SMILES string of the molecule is CC(=O)N1CCCc2cc(S(=O)(=O)Nc3c(Cl)cccc3Cl)ccc21. The Morgan fingerprint density at radius 1 is 1.16 bits per heavy atom. The van der Waals surface area contributed by atoms with E-state index in [-0.39, 0.29) is 26.5 Å². The predicted molar refractivity (Wildman–Crippen MR) is 100 cm³/mol. The van der Waals surface area contributed by atoms with Crippen molar-refractivity contribution >= 4 is 50.5 Å². The van der Waals surface area contributed by atoms with Gasteiger partial charge in [0, 0.05) is 19.2 Å². The lowest BCUT2D eigenvalue weighted by molar-refractivity contribution is -0.116. The first-order valence-electron chi connectivity index (χ1n) is 7.67. The minimum Gasteiger partial charge on any atom is -0.312 e. The molecule has 0 unspecified atom stereocenters. The first-order valence-corrected chi connectivity index (χ1v) is 9.91. The maximum absolute atomic E-state index is 12.7. The molecule has 1 N–H and O–H groups in total. The number of aryl methyl sites for hydroxylation is 1. The molecule has 0 aliphatic carbocycles. The first-order chi connectivity index (χ1) is 11.8. The fourth-order valence-electron chi connectivity index (χ4n) is 2.86. The van der Waals surface area contributed by atoms with Crippen molar-refractivity contribution in [1.82, 2.24) is 0 Å². The number of rotatable bonds is 3. The van der Waals surface area contributed by atoms with Gasteiger partial charge in [0.25, 0.3) is 10.0 Å². The van der Waals surface area contributed by atoms with Crippen molar-refractivity contribution in [2.45, 2.75) is 24.7 Å². The second-order valence-electron chi connectivity index (χ2n) is 5.77. The van der Waals surface area contributed by atoms with Gasteiger partial charge in [0.2, 0.25) is 5.91 Å². The molecular formula is C17H16Cl2N2O3S. The van der Waals surface area contributed by atoms with Crippen molar-refractivity contribution in [2.75, 3.05) is 16.2 Å². The number of nitrogens with zero attached hydrogens (tertiary/aromatic N) is 1. The van der Waals surface area contributed by atoms with Gasteiger partial charge < -0.3 is 4.90 Å². The minimum atomic E-state index is -3.85. The lowest BCUT2D eigenvalue weighted by atomic mass is 10.0. The zero-order valence-corrected chi connectivity index (χ0v) is 15.7. The number of fused-ring (bicyclic) bond motifs is 1. The van der Waals surface area contributed by atoms with Gasteiger partial charge in [-0.2, -0.15) is 0 Å². The summed E-state index contributed by atoms with van der Waals surface area (Å²) in [5.74, 6) is -0.0578. The van der Waals surface area contributed by atoms with Gasteiger partial charge in [-0.3, -0.25) is 9.52 Å². The second-order valence-corrected chi connectivity index (χ2v) is 8.26. The van der Waals surface area contributed by atoms with E-state index in [1.165, 1.54) is 13.0 Å². The van der Waals surface area contributed by atoms with Crippen LogP contribution in [-0.4, -0.2) is 20.9 Å². The molecule has 0 spiro atoms. The van der Waals surface area contributed by atoms with Gasteiger partial charge in [-0.05, 0) is 48.7 Å².